The van der Waals surface area contributed by atoms with Gasteiger partial charge in [-0.05, 0) is 12.8 Å². The molecule has 2 rings (SSSR count). The van der Waals surface area contributed by atoms with E-state index in [1.54, 1.807) is 0 Å². The zero-order valence-electron chi connectivity index (χ0n) is 8.51. The predicted molar refractivity (Wildman–Crippen MR) is 57.5 cm³/mol. The van der Waals surface area contributed by atoms with Crippen molar-refractivity contribution in [3.63, 3.8) is 0 Å². The van der Waals surface area contributed by atoms with Crippen molar-refractivity contribution in [2.24, 2.45) is 10.7 Å². The van der Waals surface area contributed by atoms with Gasteiger partial charge in [-0.2, -0.15) is 0 Å². The largest absolute Gasteiger partial charge is 0.463 e. The summed E-state index contributed by atoms with van der Waals surface area (Å²) in [5, 5.41) is 0.595. The molecule has 0 spiro atoms. The summed E-state index contributed by atoms with van der Waals surface area (Å²) in [5.74, 6) is -0.268. The molecule has 1 fully saturated rings. The topological polar surface area (TPSA) is 73.9 Å². The molecule has 84 valence electrons. The molecule has 1 saturated heterocycles. The van der Waals surface area contributed by atoms with E-state index in [-0.39, 0.29) is 23.6 Å². The van der Waals surface area contributed by atoms with Gasteiger partial charge in [0.25, 0.3) is 0 Å². The Balaban J connectivity index is 1.81. The van der Waals surface area contributed by atoms with Crippen molar-refractivity contribution in [2.45, 2.75) is 37.3 Å². The molecule has 2 heterocycles. The third-order valence-corrected chi connectivity index (χ3v) is 3.43. The zero-order valence-corrected chi connectivity index (χ0v) is 9.33. The molecule has 6 heteroatoms. The number of nitrogens with zero attached hydrogens (tertiary/aromatic N) is 1. The standard InChI is InChI=1S/C9H14N2O3S/c1-5(12)13-4-6-2-3-7-8(14-6)15-9(10)11-7/h6-8H,2-4H2,1H3,(H2,10,11)/t6?,7-,8-/m1/s1. The number of carbonyl (C=O) groups excluding carboxylic acids is 1. The monoisotopic (exact) mass is 230 g/mol. The second-order valence-electron chi connectivity index (χ2n) is 3.66. The van der Waals surface area contributed by atoms with Crippen LogP contribution in [0.3, 0.4) is 0 Å². The van der Waals surface area contributed by atoms with Gasteiger partial charge in [-0.25, -0.2) is 0 Å². The van der Waals surface area contributed by atoms with Crippen molar-refractivity contribution in [2.75, 3.05) is 6.61 Å². The summed E-state index contributed by atoms with van der Waals surface area (Å²) in [6.45, 7) is 1.73. The molecule has 15 heavy (non-hydrogen) atoms. The number of aliphatic imine (C=N–C) groups is 1. The molecule has 5 nitrogen and oxygen atoms in total. The summed E-state index contributed by atoms with van der Waals surface area (Å²) in [6, 6.07) is 0.184. The zero-order chi connectivity index (χ0) is 10.8. The lowest BCUT2D eigenvalue weighted by Crippen LogP contribution is -2.36. The normalized spacial score (nSPS) is 34.5. The van der Waals surface area contributed by atoms with Crippen LogP contribution in [0.15, 0.2) is 4.99 Å². The molecule has 0 radical (unpaired) electrons. The Morgan fingerprint density at radius 2 is 2.53 bits per heavy atom. The maximum atomic E-state index is 10.6. The molecule has 3 atom stereocenters. The minimum Gasteiger partial charge on any atom is -0.463 e. The third-order valence-electron chi connectivity index (χ3n) is 2.43. The Kier molecular flexibility index (Phi) is 3.16. The molecule has 0 aromatic carbocycles. The lowest BCUT2D eigenvalue weighted by atomic mass is 10.1. The number of ether oxygens (including phenoxy) is 2. The summed E-state index contributed by atoms with van der Waals surface area (Å²) >= 11 is 1.45. The van der Waals surface area contributed by atoms with E-state index in [9.17, 15) is 4.79 Å². The Bertz CT molecular complexity index is 295. The Morgan fingerprint density at radius 1 is 1.73 bits per heavy atom. The van der Waals surface area contributed by atoms with Crippen molar-refractivity contribution in [3.8, 4) is 0 Å². The molecule has 2 aliphatic rings. The van der Waals surface area contributed by atoms with Crippen molar-refractivity contribution < 1.29 is 14.3 Å². The molecule has 0 bridgehead atoms. The van der Waals surface area contributed by atoms with Gasteiger partial charge in [0.2, 0.25) is 0 Å². The number of rotatable bonds is 2. The van der Waals surface area contributed by atoms with Gasteiger partial charge in [0.05, 0.1) is 12.1 Å². The summed E-state index contributed by atoms with van der Waals surface area (Å²) < 4.78 is 10.6. The van der Waals surface area contributed by atoms with Gasteiger partial charge in [-0.1, -0.05) is 11.8 Å². The average Bonchev–Trinajstić information content (AvgIpc) is 2.53. The van der Waals surface area contributed by atoms with Gasteiger partial charge in [0.15, 0.2) is 5.17 Å². The Labute approximate surface area is 92.4 Å². The summed E-state index contributed by atoms with van der Waals surface area (Å²) in [7, 11) is 0. The van der Waals surface area contributed by atoms with Gasteiger partial charge in [0, 0.05) is 6.92 Å². The summed E-state index contributed by atoms with van der Waals surface area (Å²) in [5.41, 5.74) is 5.62. The fourth-order valence-electron chi connectivity index (χ4n) is 1.72. The predicted octanol–water partition coefficient (Wildman–Crippen LogP) is 0.485. The van der Waals surface area contributed by atoms with Crippen LogP contribution in [-0.4, -0.2) is 35.3 Å². The highest BCUT2D eigenvalue weighted by molar-refractivity contribution is 8.14. The van der Waals surface area contributed by atoms with Crippen molar-refractivity contribution in [3.05, 3.63) is 0 Å². The van der Waals surface area contributed by atoms with Crippen LogP contribution >= 0.6 is 11.8 Å². The van der Waals surface area contributed by atoms with Gasteiger partial charge < -0.3 is 15.2 Å². The van der Waals surface area contributed by atoms with Crippen molar-refractivity contribution in [1.82, 2.24) is 0 Å². The minimum absolute atomic E-state index is 0.0104. The van der Waals surface area contributed by atoms with Gasteiger partial charge in [-0.15, -0.1) is 0 Å². The van der Waals surface area contributed by atoms with Gasteiger partial charge in [0.1, 0.15) is 12.0 Å². The van der Waals surface area contributed by atoms with Crippen LogP contribution in [0.1, 0.15) is 19.8 Å². The first-order valence-electron chi connectivity index (χ1n) is 4.94. The van der Waals surface area contributed by atoms with Crippen molar-refractivity contribution >= 4 is 22.9 Å². The Hall–Kier alpha value is -0.750. The van der Waals surface area contributed by atoms with E-state index in [4.69, 9.17) is 15.2 Å². The number of amidine groups is 1. The highest BCUT2D eigenvalue weighted by atomic mass is 32.2. The smallest absolute Gasteiger partial charge is 0.302 e. The average molecular weight is 230 g/mol. The molecule has 0 amide bonds. The second-order valence-corrected chi connectivity index (χ2v) is 4.78. The van der Waals surface area contributed by atoms with E-state index in [0.29, 0.717) is 11.8 Å². The maximum Gasteiger partial charge on any atom is 0.302 e. The van der Waals surface area contributed by atoms with E-state index in [2.05, 4.69) is 4.99 Å². The van der Waals surface area contributed by atoms with E-state index in [1.165, 1.54) is 18.7 Å². The van der Waals surface area contributed by atoms with Gasteiger partial charge >= 0.3 is 5.97 Å². The number of hydrogen-bond acceptors (Lipinski definition) is 6. The van der Waals surface area contributed by atoms with E-state index in [0.717, 1.165) is 12.8 Å². The van der Waals surface area contributed by atoms with E-state index >= 15 is 0 Å². The first-order valence-corrected chi connectivity index (χ1v) is 5.82. The lowest BCUT2D eigenvalue weighted by Gasteiger charge is -2.29. The fraction of sp³-hybridized carbons (Fsp3) is 0.778. The van der Waals surface area contributed by atoms with Crippen LogP contribution in [0.2, 0.25) is 0 Å². The molecule has 0 aliphatic carbocycles. The highest BCUT2D eigenvalue weighted by Gasteiger charge is 2.36. The van der Waals surface area contributed by atoms with Crippen LogP contribution in [-0.2, 0) is 14.3 Å². The van der Waals surface area contributed by atoms with Crippen LogP contribution in [0.5, 0.6) is 0 Å². The van der Waals surface area contributed by atoms with E-state index < -0.39 is 0 Å². The second kappa shape index (κ2) is 4.40. The highest BCUT2D eigenvalue weighted by Crippen LogP contribution is 2.34. The molecular weight excluding hydrogens is 216 g/mol. The number of nitrogens with two attached hydrogens (primary N) is 1. The number of hydrogen-bond donors (Lipinski definition) is 1. The maximum absolute atomic E-state index is 10.6. The molecule has 1 unspecified atom stereocenters. The number of thioether (sulfide) groups is 1. The van der Waals surface area contributed by atoms with Crippen molar-refractivity contribution in [1.29, 1.82) is 0 Å². The van der Waals surface area contributed by atoms with Crippen LogP contribution in [0.25, 0.3) is 0 Å². The Morgan fingerprint density at radius 3 is 3.27 bits per heavy atom. The quantitative estimate of drug-likeness (QED) is 0.699. The first-order chi connectivity index (χ1) is 7.15. The third kappa shape index (κ3) is 2.63. The first kappa shape index (κ1) is 10.8. The molecule has 0 aromatic rings. The van der Waals surface area contributed by atoms with E-state index in [1.807, 2.05) is 0 Å². The molecule has 0 aromatic heterocycles. The number of fused-ring (bicyclic) bond motifs is 1. The van der Waals surface area contributed by atoms with Crippen LogP contribution < -0.4 is 5.73 Å². The summed E-state index contributed by atoms with van der Waals surface area (Å²) in [6.07, 6.45) is 1.81. The molecular formula is C9H14N2O3S. The SMILES string of the molecule is CC(=O)OCC1CC[C@H]2N=C(N)S[C@H]2O1. The lowest BCUT2D eigenvalue weighted by molar-refractivity contribution is -0.147. The molecule has 2 aliphatic heterocycles. The fourth-order valence-corrected chi connectivity index (χ4v) is 2.72. The summed E-state index contributed by atoms with van der Waals surface area (Å²) in [4.78, 5) is 14.9. The van der Waals surface area contributed by atoms with Gasteiger partial charge in [-0.3, -0.25) is 9.79 Å². The molecule has 2 N–H and O–H groups in total. The molecule has 0 saturated carbocycles. The minimum atomic E-state index is -0.268. The van der Waals surface area contributed by atoms with Crippen LogP contribution in [0, 0.1) is 0 Å². The number of esters is 1. The number of carbonyl (C=O) groups is 1. The van der Waals surface area contributed by atoms with Crippen LogP contribution in [0.4, 0.5) is 0 Å².